The van der Waals surface area contributed by atoms with Gasteiger partial charge >= 0.3 is 0 Å². The number of hydrogen-bond acceptors (Lipinski definition) is 5. The highest BCUT2D eigenvalue weighted by Crippen LogP contribution is 2.25. The van der Waals surface area contributed by atoms with Gasteiger partial charge in [-0.3, -0.25) is 4.79 Å². The van der Waals surface area contributed by atoms with Crippen molar-refractivity contribution in [2.24, 2.45) is 11.1 Å². The molecule has 1 atom stereocenters. The Kier molecular flexibility index (Phi) is 7.70. The number of nitrogens with one attached hydrogen (secondary N) is 1. The minimum atomic E-state index is -0.669. The molecule has 1 aliphatic rings. The maximum Gasteiger partial charge on any atom is 0.265 e. The second-order valence-corrected chi connectivity index (χ2v) is 9.17. The molecule has 2 aromatic carbocycles. The van der Waals surface area contributed by atoms with Crippen LogP contribution in [0, 0.1) is 11.1 Å². The van der Waals surface area contributed by atoms with E-state index < -0.39 is 6.10 Å². The van der Waals surface area contributed by atoms with Crippen molar-refractivity contribution in [2.45, 2.75) is 45.6 Å². The van der Waals surface area contributed by atoms with Crippen molar-refractivity contribution in [1.29, 1.82) is 0 Å². The van der Waals surface area contributed by atoms with E-state index in [2.05, 4.69) is 29.2 Å². The van der Waals surface area contributed by atoms with Crippen LogP contribution in [0.4, 0.5) is 11.4 Å². The highest BCUT2D eigenvalue weighted by molar-refractivity contribution is 5.99. The van der Waals surface area contributed by atoms with Gasteiger partial charge in [-0.05, 0) is 67.0 Å². The van der Waals surface area contributed by atoms with E-state index in [-0.39, 0.29) is 11.8 Å². The van der Waals surface area contributed by atoms with Crippen LogP contribution in [0.3, 0.4) is 0 Å². The quantitative estimate of drug-likeness (QED) is 0.285. The zero-order chi connectivity index (χ0) is 24.8. The van der Waals surface area contributed by atoms with Crippen LogP contribution in [-0.2, 0) is 9.63 Å². The Hall–Kier alpha value is -3.81. The van der Waals surface area contributed by atoms with E-state index in [1.807, 2.05) is 36.4 Å². The summed E-state index contributed by atoms with van der Waals surface area (Å²) in [6.45, 7) is 4.99. The van der Waals surface area contributed by atoms with Gasteiger partial charge in [0, 0.05) is 30.4 Å². The van der Waals surface area contributed by atoms with E-state index in [4.69, 9.17) is 9.57 Å². The number of oxime groups is 1. The molecule has 0 aliphatic carbocycles. The molecule has 35 heavy (non-hydrogen) atoms. The lowest BCUT2D eigenvalue weighted by Crippen LogP contribution is -2.35. The Morgan fingerprint density at radius 3 is 2.69 bits per heavy atom. The third-order valence-electron chi connectivity index (χ3n) is 5.97. The van der Waals surface area contributed by atoms with Gasteiger partial charge in [-0.15, -0.1) is 0 Å². The van der Waals surface area contributed by atoms with Crippen molar-refractivity contribution in [1.82, 2.24) is 0 Å². The molecule has 1 aromatic heterocycles. The van der Waals surface area contributed by atoms with Crippen molar-refractivity contribution < 1.29 is 19.1 Å². The van der Waals surface area contributed by atoms with E-state index in [1.165, 1.54) is 12.4 Å². The molecular weight excluding hydrogens is 444 g/mol. The first-order chi connectivity index (χ1) is 16.9. The van der Waals surface area contributed by atoms with Gasteiger partial charge in [0.15, 0.2) is 18.5 Å². The molecule has 0 radical (unpaired) electrons. The molecule has 8 nitrogen and oxygen atoms in total. The van der Waals surface area contributed by atoms with E-state index in [0.29, 0.717) is 17.9 Å². The summed E-state index contributed by atoms with van der Waals surface area (Å²) in [5, 5.41) is 20.5. The Balaban J connectivity index is 1.47. The number of carbonyl (C=O) groups is 1. The van der Waals surface area contributed by atoms with Crippen LogP contribution in [0.2, 0.25) is 0 Å². The van der Waals surface area contributed by atoms with Gasteiger partial charge in [0.2, 0.25) is 0 Å². The molecule has 184 valence electrons. The summed E-state index contributed by atoms with van der Waals surface area (Å²) in [6.07, 6.45) is 5.91. The van der Waals surface area contributed by atoms with Crippen LogP contribution >= 0.6 is 0 Å². The molecule has 8 heteroatoms. The highest BCUT2D eigenvalue weighted by atomic mass is 16.6. The number of aromatic nitrogens is 1. The van der Waals surface area contributed by atoms with Crippen LogP contribution in [0.25, 0.3) is 10.8 Å². The van der Waals surface area contributed by atoms with Gasteiger partial charge in [-0.2, -0.15) is 4.73 Å². The topological polar surface area (TPSA) is 90.1 Å². The van der Waals surface area contributed by atoms with Crippen molar-refractivity contribution in [3.8, 4) is 5.75 Å². The maximum atomic E-state index is 13.2. The largest absolute Gasteiger partial charge is 0.619 e. The van der Waals surface area contributed by atoms with Crippen LogP contribution in [0.5, 0.6) is 5.75 Å². The van der Waals surface area contributed by atoms with Crippen molar-refractivity contribution in [3.63, 3.8) is 0 Å². The maximum absolute atomic E-state index is 13.2. The molecule has 0 unspecified atom stereocenters. The first-order valence-corrected chi connectivity index (χ1v) is 12.0. The number of anilines is 2. The average molecular weight is 477 g/mol. The number of benzene rings is 2. The number of amides is 1. The highest BCUT2D eigenvalue weighted by Gasteiger charge is 2.23. The van der Waals surface area contributed by atoms with Crippen LogP contribution < -0.4 is 19.7 Å². The molecule has 4 rings (SSSR count). The summed E-state index contributed by atoms with van der Waals surface area (Å²) in [4.78, 5) is 20.3. The SMILES string of the molecule is CO/N=C1\CCCCN1c1ccc(NC(=O)[C@H](CC(C)C)Oc2ccc3cc[n+]([O-])cc3c2)cc1. The summed E-state index contributed by atoms with van der Waals surface area (Å²) >= 11 is 0. The number of amidine groups is 1. The van der Waals surface area contributed by atoms with Gasteiger partial charge in [-0.25, -0.2) is 0 Å². The summed E-state index contributed by atoms with van der Waals surface area (Å²) < 4.78 is 6.86. The van der Waals surface area contributed by atoms with Gasteiger partial charge in [0.25, 0.3) is 5.91 Å². The molecule has 1 fully saturated rings. The summed E-state index contributed by atoms with van der Waals surface area (Å²) in [5.41, 5.74) is 1.71. The Labute approximate surface area is 205 Å². The minimum Gasteiger partial charge on any atom is -0.619 e. The second kappa shape index (κ2) is 11.1. The predicted octanol–water partition coefficient (Wildman–Crippen LogP) is 4.86. The fourth-order valence-electron chi connectivity index (χ4n) is 4.27. The first kappa shape index (κ1) is 24.3. The lowest BCUT2D eigenvalue weighted by Gasteiger charge is -2.29. The fraction of sp³-hybridized carbons (Fsp3) is 0.370. The normalized spacial score (nSPS) is 15.9. The molecule has 0 spiro atoms. The third kappa shape index (κ3) is 6.20. The summed E-state index contributed by atoms with van der Waals surface area (Å²) in [7, 11) is 1.56. The number of ether oxygens (including phenoxy) is 1. The van der Waals surface area contributed by atoms with Crippen LogP contribution in [-0.4, -0.2) is 31.5 Å². The molecule has 1 saturated heterocycles. The standard InChI is InChI=1S/C27H32N4O4/c1-19(2)16-25(35-24-12-7-20-13-15-30(33)18-21(20)17-24)27(32)28-22-8-10-23(11-9-22)31-14-5-4-6-26(31)29-34-3/h7-13,15,17-19,25H,4-6,14,16H2,1-3H3,(H,28,32)/b29-26+/t25-/m0/s1. The number of carbonyl (C=O) groups excluding carboxylic acids is 1. The van der Waals surface area contributed by atoms with E-state index in [9.17, 15) is 10.0 Å². The third-order valence-corrected chi connectivity index (χ3v) is 5.97. The number of hydrogen-bond donors (Lipinski definition) is 1. The van der Waals surface area contributed by atoms with Gasteiger partial charge in [0.1, 0.15) is 18.7 Å². The van der Waals surface area contributed by atoms with Crippen LogP contribution in [0.15, 0.2) is 66.1 Å². The minimum absolute atomic E-state index is 0.210. The van der Waals surface area contributed by atoms with Gasteiger partial charge in [0.05, 0.1) is 5.39 Å². The number of piperidine rings is 1. The number of pyridine rings is 1. The molecule has 3 aromatic rings. The number of rotatable bonds is 8. The molecule has 2 heterocycles. The second-order valence-electron chi connectivity index (χ2n) is 9.17. The van der Waals surface area contributed by atoms with Crippen molar-refractivity contribution >= 4 is 33.9 Å². The zero-order valence-corrected chi connectivity index (χ0v) is 20.4. The van der Waals surface area contributed by atoms with E-state index in [1.54, 1.807) is 19.2 Å². The predicted molar refractivity (Wildman–Crippen MR) is 137 cm³/mol. The Bertz CT molecular complexity index is 1190. The molecule has 1 amide bonds. The number of fused-ring (bicyclic) bond motifs is 1. The van der Waals surface area contributed by atoms with Crippen molar-refractivity contribution in [3.05, 3.63) is 66.1 Å². The molecule has 1 aliphatic heterocycles. The monoisotopic (exact) mass is 476 g/mol. The number of nitrogens with zero attached hydrogens (tertiary/aromatic N) is 3. The van der Waals surface area contributed by atoms with E-state index >= 15 is 0 Å². The van der Waals surface area contributed by atoms with Gasteiger partial charge < -0.3 is 25.0 Å². The summed E-state index contributed by atoms with van der Waals surface area (Å²) in [5.74, 6) is 1.52. The molecule has 0 saturated carbocycles. The van der Waals surface area contributed by atoms with Crippen LogP contribution in [0.1, 0.15) is 39.5 Å². The first-order valence-electron chi connectivity index (χ1n) is 12.0. The Morgan fingerprint density at radius 1 is 1.14 bits per heavy atom. The lowest BCUT2D eigenvalue weighted by molar-refractivity contribution is -0.603. The van der Waals surface area contributed by atoms with Crippen molar-refractivity contribution in [2.75, 3.05) is 23.9 Å². The molecular formula is C27H32N4O4. The van der Waals surface area contributed by atoms with E-state index in [0.717, 1.165) is 52.8 Å². The summed E-state index contributed by atoms with van der Waals surface area (Å²) in [6, 6.07) is 15.0. The average Bonchev–Trinajstić information content (AvgIpc) is 2.84. The molecule has 1 N–H and O–H groups in total. The van der Waals surface area contributed by atoms with Gasteiger partial charge in [-0.1, -0.05) is 25.1 Å². The Morgan fingerprint density at radius 2 is 1.94 bits per heavy atom. The molecule has 0 bridgehead atoms. The smallest absolute Gasteiger partial charge is 0.265 e. The fourth-order valence-corrected chi connectivity index (χ4v) is 4.27. The lowest BCUT2D eigenvalue weighted by atomic mass is 10.0. The zero-order valence-electron chi connectivity index (χ0n) is 20.4.